The van der Waals surface area contributed by atoms with Crippen LogP contribution in [0.15, 0.2) is 0 Å². The zero-order valence-corrected chi connectivity index (χ0v) is 10.5. The summed E-state index contributed by atoms with van der Waals surface area (Å²) in [5.74, 6) is -0.280. The molecule has 1 heterocycles. The summed E-state index contributed by atoms with van der Waals surface area (Å²) in [7, 11) is 1.35. The fourth-order valence-corrected chi connectivity index (χ4v) is 3.62. The number of hydrogen-bond acceptors (Lipinski definition) is 4. The van der Waals surface area contributed by atoms with Crippen LogP contribution in [0.5, 0.6) is 0 Å². The van der Waals surface area contributed by atoms with Crippen LogP contribution in [-0.4, -0.2) is 49.7 Å². The average Bonchev–Trinajstić information content (AvgIpc) is 2.17. The molecular weight excluding hydrogens is 260 g/mol. The number of esters is 1. The molecule has 0 atom stereocenters. The second-order valence-corrected chi connectivity index (χ2v) is 5.81. The van der Waals surface area contributed by atoms with Crippen molar-refractivity contribution in [1.82, 2.24) is 4.90 Å². The highest BCUT2D eigenvalue weighted by Gasteiger charge is 2.76. The minimum atomic E-state index is -2.79. The molecule has 0 unspecified atom stereocenters. The highest BCUT2D eigenvalue weighted by atomic mass is 19.3. The van der Waals surface area contributed by atoms with Crippen molar-refractivity contribution in [1.29, 1.82) is 0 Å². The lowest BCUT2D eigenvalue weighted by Crippen LogP contribution is -2.73. The summed E-state index contributed by atoms with van der Waals surface area (Å²) < 4.78 is 32.9. The summed E-state index contributed by atoms with van der Waals surface area (Å²) in [5, 5.41) is 0. The van der Waals surface area contributed by atoms with Crippen LogP contribution in [0.25, 0.3) is 0 Å². The van der Waals surface area contributed by atoms with Crippen LogP contribution in [0.1, 0.15) is 19.3 Å². The molecule has 1 saturated heterocycles. The fourth-order valence-electron chi connectivity index (χ4n) is 3.62. The lowest BCUT2D eigenvalue weighted by atomic mass is 9.34. The SMILES string of the molecule is COC(=O)C12CC(C(=O)N3CC(OC(F)F)C3)(C1)C2. The molecular formula is C12H15F2NO4. The van der Waals surface area contributed by atoms with Gasteiger partial charge in [-0.3, -0.25) is 9.59 Å². The van der Waals surface area contributed by atoms with E-state index in [2.05, 4.69) is 4.74 Å². The fraction of sp³-hybridized carbons (Fsp3) is 0.833. The number of likely N-dealkylation sites (tertiary alicyclic amines) is 1. The van der Waals surface area contributed by atoms with E-state index in [0.29, 0.717) is 19.3 Å². The molecule has 4 aliphatic rings. The van der Waals surface area contributed by atoms with E-state index in [9.17, 15) is 18.4 Å². The molecule has 1 amide bonds. The summed E-state index contributed by atoms with van der Waals surface area (Å²) in [5.41, 5.74) is -0.891. The van der Waals surface area contributed by atoms with E-state index in [4.69, 9.17) is 4.74 Å². The number of nitrogens with zero attached hydrogens (tertiary/aromatic N) is 1. The average molecular weight is 275 g/mol. The van der Waals surface area contributed by atoms with E-state index < -0.39 is 23.5 Å². The largest absolute Gasteiger partial charge is 0.469 e. The molecule has 106 valence electrons. The summed E-state index contributed by atoms with van der Waals surface area (Å²) in [4.78, 5) is 25.2. The van der Waals surface area contributed by atoms with Crippen molar-refractivity contribution in [2.24, 2.45) is 10.8 Å². The van der Waals surface area contributed by atoms with Crippen LogP contribution in [-0.2, 0) is 19.1 Å². The van der Waals surface area contributed by atoms with Crippen molar-refractivity contribution in [3.8, 4) is 0 Å². The van der Waals surface area contributed by atoms with Crippen LogP contribution < -0.4 is 0 Å². The Morgan fingerprint density at radius 1 is 1.21 bits per heavy atom. The van der Waals surface area contributed by atoms with Crippen LogP contribution in [0.2, 0.25) is 0 Å². The predicted molar refractivity (Wildman–Crippen MR) is 58.2 cm³/mol. The van der Waals surface area contributed by atoms with E-state index in [1.165, 1.54) is 12.0 Å². The Bertz CT molecular complexity index is 414. The second kappa shape index (κ2) is 3.88. The van der Waals surface area contributed by atoms with Gasteiger partial charge < -0.3 is 14.4 Å². The maximum Gasteiger partial charge on any atom is 0.345 e. The molecule has 4 fully saturated rings. The quantitative estimate of drug-likeness (QED) is 0.711. The van der Waals surface area contributed by atoms with Gasteiger partial charge in [-0.05, 0) is 19.3 Å². The van der Waals surface area contributed by atoms with Crippen LogP contribution in [0.4, 0.5) is 8.78 Å². The number of methoxy groups -OCH3 is 1. The number of amides is 1. The summed E-state index contributed by atoms with van der Waals surface area (Å²) in [6.45, 7) is -2.36. The van der Waals surface area contributed by atoms with E-state index >= 15 is 0 Å². The molecule has 3 saturated carbocycles. The predicted octanol–water partition coefficient (Wildman–Crippen LogP) is 0.780. The first-order valence-electron chi connectivity index (χ1n) is 6.22. The first-order valence-corrected chi connectivity index (χ1v) is 6.22. The standard InChI is InChI=1S/C12H15F2NO4/c1-18-9(17)12-4-11(5-12,6-12)8(16)15-2-7(3-15)19-10(13)14/h7,10H,2-6H2,1H3. The van der Waals surface area contributed by atoms with Crippen molar-refractivity contribution in [2.45, 2.75) is 32.0 Å². The van der Waals surface area contributed by atoms with Gasteiger partial charge in [-0.15, -0.1) is 0 Å². The Hall–Kier alpha value is -1.24. The van der Waals surface area contributed by atoms with Gasteiger partial charge in [0.1, 0.15) is 0 Å². The van der Waals surface area contributed by atoms with Gasteiger partial charge in [0.25, 0.3) is 0 Å². The lowest BCUT2D eigenvalue weighted by molar-refractivity contribution is -0.239. The maximum absolute atomic E-state index is 12.2. The molecule has 5 nitrogen and oxygen atoms in total. The maximum atomic E-state index is 12.2. The van der Waals surface area contributed by atoms with Crippen molar-refractivity contribution >= 4 is 11.9 Å². The van der Waals surface area contributed by atoms with Crippen molar-refractivity contribution in [2.75, 3.05) is 20.2 Å². The molecule has 3 aliphatic carbocycles. The van der Waals surface area contributed by atoms with Crippen molar-refractivity contribution in [3.05, 3.63) is 0 Å². The normalized spacial score (nSPS) is 36.3. The molecule has 0 aromatic heterocycles. The Labute approximate surface area is 108 Å². The molecule has 0 spiro atoms. The first kappa shape index (κ1) is 12.8. The zero-order chi connectivity index (χ0) is 13.8. The van der Waals surface area contributed by atoms with Gasteiger partial charge in [-0.25, -0.2) is 0 Å². The number of rotatable bonds is 4. The molecule has 2 bridgehead atoms. The van der Waals surface area contributed by atoms with Gasteiger partial charge in [0.2, 0.25) is 5.91 Å². The van der Waals surface area contributed by atoms with Gasteiger partial charge in [-0.1, -0.05) is 0 Å². The third-order valence-corrected chi connectivity index (χ3v) is 4.53. The molecule has 0 aromatic rings. The molecule has 19 heavy (non-hydrogen) atoms. The third-order valence-electron chi connectivity index (χ3n) is 4.53. The van der Waals surface area contributed by atoms with E-state index in [1.807, 2.05) is 0 Å². The first-order chi connectivity index (χ1) is 8.91. The van der Waals surface area contributed by atoms with Crippen molar-refractivity contribution < 1.29 is 27.8 Å². The van der Waals surface area contributed by atoms with Gasteiger partial charge in [0.15, 0.2) is 0 Å². The van der Waals surface area contributed by atoms with E-state index in [0.717, 1.165) is 0 Å². The van der Waals surface area contributed by atoms with Crippen LogP contribution in [0.3, 0.4) is 0 Å². The molecule has 0 N–H and O–H groups in total. The number of carbonyl (C=O) groups excluding carboxylic acids is 2. The highest BCUT2D eigenvalue weighted by Crippen LogP contribution is 2.74. The number of carbonyl (C=O) groups is 2. The van der Waals surface area contributed by atoms with Crippen molar-refractivity contribution in [3.63, 3.8) is 0 Å². The number of alkyl halides is 2. The van der Waals surface area contributed by atoms with E-state index in [-0.39, 0.29) is 25.0 Å². The third kappa shape index (κ3) is 1.67. The van der Waals surface area contributed by atoms with Gasteiger partial charge in [0, 0.05) is 13.1 Å². The zero-order valence-electron chi connectivity index (χ0n) is 10.5. The number of halogens is 2. The Balaban J connectivity index is 1.49. The molecule has 4 rings (SSSR count). The minimum absolute atomic E-state index is 0.0348. The smallest absolute Gasteiger partial charge is 0.345 e. The van der Waals surface area contributed by atoms with Crippen LogP contribution >= 0.6 is 0 Å². The number of ether oxygens (including phenoxy) is 2. The monoisotopic (exact) mass is 275 g/mol. The second-order valence-electron chi connectivity index (χ2n) is 5.81. The van der Waals surface area contributed by atoms with Crippen LogP contribution in [0, 0.1) is 10.8 Å². The van der Waals surface area contributed by atoms with Gasteiger partial charge >= 0.3 is 12.6 Å². The number of hydrogen-bond donors (Lipinski definition) is 0. The molecule has 1 aliphatic heterocycles. The van der Waals surface area contributed by atoms with Gasteiger partial charge in [0.05, 0.1) is 24.0 Å². The van der Waals surface area contributed by atoms with Gasteiger partial charge in [-0.2, -0.15) is 8.78 Å². The lowest BCUT2D eigenvalue weighted by Gasteiger charge is -2.68. The molecule has 0 radical (unpaired) electrons. The summed E-state index contributed by atoms with van der Waals surface area (Å²) in [6, 6.07) is 0. The Morgan fingerprint density at radius 3 is 2.26 bits per heavy atom. The topological polar surface area (TPSA) is 55.8 Å². The Kier molecular flexibility index (Phi) is 2.61. The molecule has 7 heteroatoms. The van der Waals surface area contributed by atoms with E-state index in [1.54, 1.807) is 0 Å². The Morgan fingerprint density at radius 2 is 1.79 bits per heavy atom. The molecule has 0 aromatic carbocycles. The highest BCUT2D eigenvalue weighted by molar-refractivity contribution is 5.94. The minimum Gasteiger partial charge on any atom is -0.469 e. The summed E-state index contributed by atoms with van der Waals surface area (Å²) >= 11 is 0. The summed E-state index contributed by atoms with van der Waals surface area (Å²) in [6.07, 6.45) is 1.03.